The van der Waals surface area contributed by atoms with Crippen molar-refractivity contribution < 1.29 is 27.8 Å². The summed E-state index contributed by atoms with van der Waals surface area (Å²) in [5, 5.41) is 9.73. The Balaban J connectivity index is 1.47. The first-order valence-corrected chi connectivity index (χ1v) is 14.7. The van der Waals surface area contributed by atoms with Crippen LogP contribution in [0.3, 0.4) is 0 Å². The summed E-state index contributed by atoms with van der Waals surface area (Å²) in [6, 6.07) is 6.10. The highest BCUT2D eigenvalue weighted by molar-refractivity contribution is 7.19. The molecule has 3 aromatic rings. The van der Waals surface area contributed by atoms with Crippen LogP contribution in [0.1, 0.15) is 68.9 Å². The minimum atomic E-state index is -4.49. The number of benzene rings is 1. The Hall–Kier alpha value is -2.85. The predicted molar refractivity (Wildman–Crippen MR) is 150 cm³/mol. The van der Waals surface area contributed by atoms with Gasteiger partial charge >= 0.3 is 12.3 Å². The smallest absolute Gasteiger partial charge is 0.416 e. The molecule has 40 heavy (non-hydrogen) atoms. The number of carbonyl (C=O) groups is 1. The Morgan fingerprint density at radius 1 is 1.18 bits per heavy atom. The molecule has 4 heterocycles. The van der Waals surface area contributed by atoms with Gasteiger partial charge in [0.2, 0.25) is 0 Å². The molecule has 0 radical (unpaired) electrons. The lowest BCUT2D eigenvalue weighted by Crippen LogP contribution is -2.53. The SMILES string of the molecule is CC(C)(C)OC(=O)N1C[C@H](N2CCCc3cc(C(F)(F)F)cc(-c4ccnc5cc(CO)sc45)c32)CC12CCC2. The number of aliphatic hydroxyl groups is 1. The van der Waals surface area contributed by atoms with Gasteiger partial charge in [0, 0.05) is 52.6 Å². The minimum Gasteiger partial charge on any atom is -0.444 e. The number of pyridine rings is 1. The van der Waals surface area contributed by atoms with Gasteiger partial charge in [0.15, 0.2) is 0 Å². The standard InChI is InChI=1S/C30H34F3N3O3S/c1-28(2,3)39-27(38)36-16-20(15-29(36)8-5-9-29)35-11-4-6-18-12-19(30(31,32)33)13-23(25(18)35)22-7-10-34-24-14-21(17-37)40-26(22)24/h7,10,12-14,20,37H,4-6,8-9,11,15-17H2,1-3H3/t20-/m1/s1. The topological polar surface area (TPSA) is 65.9 Å². The van der Waals surface area contributed by atoms with Crippen molar-refractivity contribution in [2.75, 3.05) is 18.0 Å². The Morgan fingerprint density at radius 3 is 2.60 bits per heavy atom. The summed E-state index contributed by atoms with van der Waals surface area (Å²) in [6.45, 7) is 6.61. The molecule has 2 aromatic heterocycles. The van der Waals surface area contributed by atoms with Gasteiger partial charge in [0.05, 0.1) is 22.4 Å². The van der Waals surface area contributed by atoms with Gasteiger partial charge < -0.3 is 19.6 Å². The fourth-order valence-corrected chi connectivity index (χ4v) is 7.66. The second-order valence-corrected chi connectivity index (χ2v) is 13.4. The van der Waals surface area contributed by atoms with Crippen LogP contribution < -0.4 is 4.90 Å². The van der Waals surface area contributed by atoms with Crippen molar-refractivity contribution >= 4 is 33.3 Å². The van der Waals surface area contributed by atoms with Crippen LogP contribution in [0, 0.1) is 0 Å². The van der Waals surface area contributed by atoms with Crippen molar-refractivity contribution in [3.05, 3.63) is 46.5 Å². The molecule has 1 amide bonds. The summed E-state index contributed by atoms with van der Waals surface area (Å²) in [5.74, 6) is 0. The minimum absolute atomic E-state index is 0.0315. The van der Waals surface area contributed by atoms with Crippen molar-refractivity contribution in [1.82, 2.24) is 9.88 Å². The number of alkyl halides is 3. The number of amides is 1. The summed E-state index contributed by atoms with van der Waals surface area (Å²) < 4.78 is 49.0. The van der Waals surface area contributed by atoms with Gasteiger partial charge in [0.1, 0.15) is 5.60 Å². The lowest BCUT2D eigenvalue weighted by molar-refractivity contribution is -0.137. The molecular weight excluding hydrogens is 539 g/mol. The fraction of sp³-hybridized carbons (Fsp3) is 0.533. The Kier molecular flexibility index (Phi) is 6.57. The van der Waals surface area contributed by atoms with Crippen molar-refractivity contribution in [1.29, 1.82) is 0 Å². The van der Waals surface area contributed by atoms with Crippen LogP contribution in [0.2, 0.25) is 0 Å². The number of hydrogen-bond acceptors (Lipinski definition) is 6. The third kappa shape index (κ3) is 4.72. The number of carbonyl (C=O) groups excluding carboxylic acids is 1. The summed E-state index contributed by atoms with van der Waals surface area (Å²) in [5.41, 5.74) is 1.83. The van der Waals surface area contributed by atoms with E-state index < -0.39 is 17.3 Å². The number of hydrogen-bond donors (Lipinski definition) is 1. The van der Waals surface area contributed by atoms with E-state index in [2.05, 4.69) is 9.88 Å². The average Bonchev–Trinajstić information content (AvgIpc) is 3.48. The Labute approximate surface area is 235 Å². The number of thiophene rings is 1. The van der Waals surface area contributed by atoms with E-state index in [1.165, 1.54) is 23.5 Å². The van der Waals surface area contributed by atoms with Crippen LogP contribution in [0.5, 0.6) is 0 Å². The number of nitrogens with zero attached hydrogens (tertiary/aromatic N) is 3. The summed E-state index contributed by atoms with van der Waals surface area (Å²) in [7, 11) is 0. The highest BCUT2D eigenvalue weighted by atomic mass is 32.1. The number of halogens is 3. The van der Waals surface area contributed by atoms with E-state index in [1.807, 2.05) is 25.7 Å². The molecule has 2 aliphatic heterocycles. The van der Waals surface area contributed by atoms with Gasteiger partial charge in [-0.1, -0.05) is 0 Å². The normalized spacial score (nSPS) is 20.6. The first-order valence-electron chi connectivity index (χ1n) is 13.9. The maximum absolute atomic E-state index is 14.1. The van der Waals surface area contributed by atoms with Gasteiger partial charge in [-0.25, -0.2) is 4.79 Å². The largest absolute Gasteiger partial charge is 0.444 e. The zero-order chi connectivity index (χ0) is 28.4. The zero-order valence-corrected chi connectivity index (χ0v) is 23.8. The third-order valence-corrected chi connectivity index (χ3v) is 9.62. The molecule has 1 saturated carbocycles. The van der Waals surface area contributed by atoms with Gasteiger partial charge in [-0.3, -0.25) is 4.98 Å². The number of aromatic nitrogens is 1. The summed E-state index contributed by atoms with van der Waals surface area (Å²) in [4.78, 5) is 22.6. The van der Waals surface area contributed by atoms with Crippen LogP contribution in [0.4, 0.5) is 23.7 Å². The third-order valence-electron chi connectivity index (χ3n) is 8.48. The Bertz CT molecular complexity index is 1460. The van der Waals surface area contributed by atoms with Crippen LogP contribution in [-0.2, 0) is 23.9 Å². The average molecular weight is 574 g/mol. The van der Waals surface area contributed by atoms with Crippen molar-refractivity contribution in [2.24, 2.45) is 0 Å². The van der Waals surface area contributed by atoms with E-state index in [4.69, 9.17) is 4.74 Å². The van der Waals surface area contributed by atoms with E-state index in [0.29, 0.717) is 46.6 Å². The number of likely N-dealkylation sites (tertiary alicyclic amines) is 1. The van der Waals surface area contributed by atoms with Crippen LogP contribution in [0.15, 0.2) is 30.5 Å². The zero-order valence-electron chi connectivity index (χ0n) is 23.0. The molecule has 1 atom stereocenters. The van der Waals surface area contributed by atoms with Crippen LogP contribution in [-0.4, -0.2) is 51.4 Å². The lowest BCUT2D eigenvalue weighted by atomic mass is 9.74. The molecular formula is C30H34F3N3O3S. The van der Waals surface area contributed by atoms with Gasteiger partial charge in [0.25, 0.3) is 0 Å². The van der Waals surface area contributed by atoms with E-state index in [9.17, 15) is 23.1 Å². The van der Waals surface area contributed by atoms with Crippen molar-refractivity contribution in [2.45, 2.75) is 89.3 Å². The second kappa shape index (κ2) is 9.62. The summed E-state index contributed by atoms with van der Waals surface area (Å²) >= 11 is 1.36. The van der Waals surface area contributed by atoms with E-state index >= 15 is 0 Å². The molecule has 1 spiro atoms. The summed E-state index contributed by atoms with van der Waals surface area (Å²) in [6.07, 6.45) is 1.75. The first kappa shape index (κ1) is 27.3. The molecule has 214 valence electrons. The molecule has 2 fully saturated rings. The monoisotopic (exact) mass is 573 g/mol. The molecule has 1 aromatic carbocycles. The number of anilines is 1. The number of aryl methyl sites for hydroxylation is 1. The fourth-order valence-electron chi connectivity index (χ4n) is 6.66. The van der Waals surface area contributed by atoms with Gasteiger partial charge in [-0.2, -0.15) is 13.2 Å². The molecule has 0 unspecified atom stereocenters. The molecule has 6 rings (SSSR count). The number of ether oxygens (including phenoxy) is 1. The molecule has 3 aliphatic rings. The molecule has 1 aliphatic carbocycles. The maximum atomic E-state index is 14.1. The number of rotatable bonds is 3. The highest BCUT2D eigenvalue weighted by Crippen LogP contribution is 2.51. The molecule has 1 N–H and O–H groups in total. The lowest BCUT2D eigenvalue weighted by Gasteiger charge is -2.45. The molecule has 0 bridgehead atoms. The quantitative estimate of drug-likeness (QED) is 0.360. The van der Waals surface area contributed by atoms with E-state index in [1.54, 1.807) is 18.3 Å². The number of fused-ring (bicyclic) bond motifs is 2. The first-order chi connectivity index (χ1) is 18.9. The molecule has 10 heteroatoms. The molecule has 6 nitrogen and oxygen atoms in total. The van der Waals surface area contributed by atoms with E-state index in [-0.39, 0.29) is 24.3 Å². The number of aliphatic hydroxyl groups excluding tert-OH is 1. The Morgan fingerprint density at radius 2 is 1.95 bits per heavy atom. The van der Waals surface area contributed by atoms with Crippen LogP contribution >= 0.6 is 11.3 Å². The van der Waals surface area contributed by atoms with Crippen molar-refractivity contribution in [3.63, 3.8) is 0 Å². The van der Waals surface area contributed by atoms with E-state index in [0.717, 1.165) is 42.5 Å². The van der Waals surface area contributed by atoms with Crippen LogP contribution in [0.25, 0.3) is 21.3 Å². The van der Waals surface area contributed by atoms with Crippen molar-refractivity contribution in [3.8, 4) is 11.1 Å². The predicted octanol–water partition coefficient (Wildman–Crippen LogP) is 7.16. The van der Waals surface area contributed by atoms with Gasteiger partial charge in [-0.15, -0.1) is 11.3 Å². The van der Waals surface area contributed by atoms with Gasteiger partial charge in [-0.05, 0) is 89.1 Å². The molecule has 1 saturated heterocycles. The maximum Gasteiger partial charge on any atom is 0.416 e. The second-order valence-electron chi connectivity index (χ2n) is 12.3. The highest BCUT2D eigenvalue weighted by Gasteiger charge is 2.54.